The van der Waals surface area contributed by atoms with Crippen molar-refractivity contribution in [3.8, 4) is 0 Å². The Hall–Kier alpha value is -1.42. The van der Waals surface area contributed by atoms with Crippen LogP contribution in [0.15, 0.2) is 18.2 Å². The van der Waals surface area contributed by atoms with Gasteiger partial charge in [-0.25, -0.2) is 4.39 Å². The van der Waals surface area contributed by atoms with E-state index in [-0.39, 0.29) is 12.2 Å². The molecule has 0 bridgehead atoms. The fourth-order valence-corrected chi connectivity index (χ4v) is 2.79. The molecule has 1 aliphatic carbocycles. The molecule has 0 atom stereocenters. The lowest BCUT2D eigenvalue weighted by Crippen LogP contribution is -2.38. The van der Waals surface area contributed by atoms with Crippen LogP contribution >= 0.6 is 0 Å². The minimum atomic E-state index is -1.12. The summed E-state index contributed by atoms with van der Waals surface area (Å²) in [4.78, 5) is 11.6. The van der Waals surface area contributed by atoms with Gasteiger partial charge in [0, 0.05) is 5.56 Å². The fraction of sp³-hybridized carbons (Fsp3) is 0.500. The van der Waals surface area contributed by atoms with Crippen LogP contribution in [0.25, 0.3) is 0 Å². The molecule has 18 heavy (non-hydrogen) atoms. The lowest BCUT2D eigenvalue weighted by Gasteiger charge is -2.34. The summed E-state index contributed by atoms with van der Waals surface area (Å²) in [6.45, 7) is -0.205. The molecule has 3 nitrogen and oxygen atoms in total. The molecule has 2 N–H and O–H groups in total. The van der Waals surface area contributed by atoms with E-state index in [1.807, 2.05) is 0 Å². The Balaban J connectivity index is 2.51. The average molecular weight is 252 g/mol. The molecule has 1 aromatic rings. The zero-order chi connectivity index (χ0) is 13.2. The Kier molecular flexibility index (Phi) is 3.66. The summed E-state index contributed by atoms with van der Waals surface area (Å²) in [6, 6.07) is 4.23. The van der Waals surface area contributed by atoms with Crippen LogP contribution in [0.1, 0.15) is 43.2 Å². The van der Waals surface area contributed by atoms with Crippen LogP contribution < -0.4 is 0 Å². The lowest BCUT2D eigenvalue weighted by molar-refractivity contribution is -0.145. The Bertz CT molecular complexity index is 450. The first kappa shape index (κ1) is 13.0. The van der Waals surface area contributed by atoms with Crippen molar-refractivity contribution in [3.05, 3.63) is 35.1 Å². The highest BCUT2D eigenvalue weighted by molar-refractivity contribution is 5.81. The van der Waals surface area contributed by atoms with Gasteiger partial charge in [0.15, 0.2) is 0 Å². The number of hydrogen-bond acceptors (Lipinski definition) is 2. The molecule has 0 spiro atoms. The number of carboxylic acids is 1. The van der Waals surface area contributed by atoms with Crippen molar-refractivity contribution in [1.82, 2.24) is 0 Å². The van der Waals surface area contributed by atoms with Crippen molar-refractivity contribution in [2.24, 2.45) is 0 Å². The van der Waals surface area contributed by atoms with Crippen molar-refractivity contribution in [2.75, 3.05) is 0 Å². The predicted octanol–water partition coefficient (Wildman–Crippen LogP) is 2.60. The quantitative estimate of drug-likeness (QED) is 0.869. The molecule has 4 heteroatoms. The normalized spacial score (nSPS) is 18.6. The summed E-state index contributed by atoms with van der Waals surface area (Å²) in [5.41, 5.74) is -0.341. The first-order valence-electron chi connectivity index (χ1n) is 6.23. The highest BCUT2D eigenvalue weighted by atomic mass is 19.1. The highest BCUT2D eigenvalue weighted by Gasteiger charge is 2.43. The van der Waals surface area contributed by atoms with E-state index >= 15 is 0 Å². The number of carbonyl (C=O) groups is 1. The SMILES string of the molecule is O=C(O)C1(c2cc(CO)ccc2F)CCCCC1. The Morgan fingerprint density at radius 2 is 1.94 bits per heavy atom. The number of aliphatic carboxylic acids is 1. The van der Waals surface area contributed by atoms with Crippen LogP contribution in [-0.2, 0) is 16.8 Å². The van der Waals surface area contributed by atoms with Crippen molar-refractivity contribution in [2.45, 2.75) is 44.1 Å². The van der Waals surface area contributed by atoms with E-state index in [0.717, 1.165) is 19.3 Å². The summed E-state index contributed by atoms with van der Waals surface area (Å²) in [7, 11) is 0. The van der Waals surface area contributed by atoms with Gasteiger partial charge in [-0.1, -0.05) is 25.3 Å². The van der Waals surface area contributed by atoms with E-state index in [0.29, 0.717) is 18.4 Å². The monoisotopic (exact) mass is 252 g/mol. The van der Waals surface area contributed by atoms with Gasteiger partial charge in [0.25, 0.3) is 0 Å². The summed E-state index contributed by atoms with van der Waals surface area (Å²) < 4.78 is 14.0. The van der Waals surface area contributed by atoms with Crippen molar-refractivity contribution in [3.63, 3.8) is 0 Å². The number of aliphatic hydroxyl groups is 1. The van der Waals surface area contributed by atoms with Gasteiger partial charge >= 0.3 is 5.97 Å². The maximum atomic E-state index is 14.0. The first-order valence-corrected chi connectivity index (χ1v) is 6.23. The highest BCUT2D eigenvalue weighted by Crippen LogP contribution is 2.41. The van der Waals surface area contributed by atoms with E-state index < -0.39 is 17.2 Å². The molecule has 1 aliphatic rings. The van der Waals surface area contributed by atoms with Gasteiger partial charge in [-0.2, -0.15) is 0 Å². The van der Waals surface area contributed by atoms with Gasteiger partial charge in [0.1, 0.15) is 5.82 Å². The topological polar surface area (TPSA) is 57.5 Å². The molecule has 0 unspecified atom stereocenters. The third kappa shape index (κ3) is 2.12. The number of carboxylic acid groups (broad SMARTS) is 1. The molecular formula is C14H17FO3. The van der Waals surface area contributed by atoms with Gasteiger partial charge in [-0.05, 0) is 30.5 Å². The smallest absolute Gasteiger partial charge is 0.314 e. The second kappa shape index (κ2) is 5.06. The predicted molar refractivity (Wildman–Crippen MR) is 64.7 cm³/mol. The van der Waals surface area contributed by atoms with E-state index in [1.54, 1.807) is 0 Å². The first-order chi connectivity index (χ1) is 8.60. The third-order valence-electron chi connectivity index (χ3n) is 3.85. The molecule has 0 amide bonds. The van der Waals surface area contributed by atoms with Crippen LogP contribution in [0.5, 0.6) is 0 Å². The van der Waals surface area contributed by atoms with Crippen LogP contribution in [0.4, 0.5) is 4.39 Å². The van der Waals surface area contributed by atoms with Gasteiger partial charge < -0.3 is 10.2 Å². The zero-order valence-electron chi connectivity index (χ0n) is 10.2. The molecule has 0 saturated heterocycles. The minimum absolute atomic E-state index is 0.205. The molecule has 1 fully saturated rings. The van der Waals surface area contributed by atoms with Crippen LogP contribution in [0.2, 0.25) is 0 Å². The van der Waals surface area contributed by atoms with Gasteiger partial charge in [0.2, 0.25) is 0 Å². The van der Waals surface area contributed by atoms with Crippen LogP contribution in [-0.4, -0.2) is 16.2 Å². The molecule has 0 aromatic heterocycles. The second-order valence-electron chi connectivity index (χ2n) is 4.92. The maximum absolute atomic E-state index is 14.0. The number of halogens is 1. The van der Waals surface area contributed by atoms with Gasteiger partial charge in [-0.3, -0.25) is 4.79 Å². The molecule has 0 aliphatic heterocycles. The van der Waals surface area contributed by atoms with Crippen molar-refractivity contribution in [1.29, 1.82) is 0 Å². The molecule has 1 saturated carbocycles. The van der Waals surface area contributed by atoms with E-state index in [9.17, 15) is 14.3 Å². The molecule has 0 radical (unpaired) electrons. The third-order valence-corrected chi connectivity index (χ3v) is 3.85. The molecule has 2 rings (SSSR count). The van der Waals surface area contributed by atoms with E-state index in [4.69, 9.17) is 5.11 Å². The molecule has 0 heterocycles. The zero-order valence-corrected chi connectivity index (χ0v) is 10.2. The standard InChI is InChI=1S/C14H17FO3/c15-12-5-4-10(9-16)8-11(12)14(13(17)18)6-2-1-3-7-14/h4-5,8,16H,1-3,6-7,9H2,(H,17,18). The molecule has 98 valence electrons. The summed E-state index contributed by atoms with van der Waals surface area (Å²) in [5, 5.41) is 18.6. The number of benzene rings is 1. The average Bonchev–Trinajstić information content (AvgIpc) is 2.40. The molecule has 1 aromatic carbocycles. The minimum Gasteiger partial charge on any atom is -0.481 e. The summed E-state index contributed by atoms with van der Waals surface area (Å²) >= 11 is 0. The van der Waals surface area contributed by atoms with Gasteiger partial charge in [-0.15, -0.1) is 0 Å². The van der Waals surface area contributed by atoms with E-state index in [2.05, 4.69) is 0 Å². The largest absolute Gasteiger partial charge is 0.481 e. The van der Waals surface area contributed by atoms with Crippen molar-refractivity contribution < 1.29 is 19.4 Å². The van der Waals surface area contributed by atoms with Gasteiger partial charge in [0.05, 0.1) is 12.0 Å². The summed E-state index contributed by atoms with van der Waals surface area (Å²) in [6.07, 6.45) is 3.53. The summed E-state index contributed by atoms with van der Waals surface area (Å²) in [5.74, 6) is -1.45. The Morgan fingerprint density at radius 1 is 1.28 bits per heavy atom. The second-order valence-corrected chi connectivity index (χ2v) is 4.92. The fourth-order valence-electron chi connectivity index (χ4n) is 2.79. The number of aliphatic hydroxyl groups excluding tert-OH is 1. The number of rotatable bonds is 3. The Labute approximate surface area is 105 Å². The van der Waals surface area contributed by atoms with Crippen LogP contribution in [0.3, 0.4) is 0 Å². The lowest BCUT2D eigenvalue weighted by atomic mass is 9.69. The Morgan fingerprint density at radius 3 is 2.50 bits per heavy atom. The molecular weight excluding hydrogens is 235 g/mol. The van der Waals surface area contributed by atoms with Crippen LogP contribution in [0, 0.1) is 5.82 Å². The number of hydrogen-bond donors (Lipinski definition) is 2. The van der Waals surface area contributed by atoms with Crippen molar-refractivity contribution >= 4 is 5.97 Å². The van der Waals surface area contributed by atoms with E-state index in [1.165, 1.54) is 18.2 Å². The maximum Gasteiger partial charge on any atom is 0.314 e.